The summed E-state index contributed by atoms with van der Waals surface area (Å²) in [7, 11) is 0. The Bertz CT molecular complexity index is 451. The number of carbonyl (C=O) groups excluding carboxylic acids is 1. The van der Waals surface area contributed by atoms with Crippen molar-refractivity contribution in [2.24, 2.45) is 5.41 Å². The first-order valence-corrected chi connectivity index (χ1v) is 7.63. The molecule has 0 saturated carbocycles. The summed E-state index contributed by atoms with van der Waals surface area (Å²) in [4.78, 5) is 18.7. The SMILES string of the molecule is CCNc1ccc(C(=O)N2CCC(CC)(CC)C2)nc1. The molecule has 0 atom stereocenters. The van der Waals surface area contributed by atoms with E-state index in [0.29, 0.717) is 11.1 Å². The molecule has 0 unspecified atom stereocenters. The summed E-state index contributed by atoms with van der Waals surface area (Å²) in [6.45, 7) is 9.07. The Morgan fingerprint density at radius 1 is 1.35 bits per heavy atom. The number of nitrogens with zero attached hydrogens (tertiary/aromatic N) is 2. The van der Waals surface area contributed by atoms with Gasteiger partial charge in [-0.3, -0.25) is 4.79 Å². The van der Waals surface area contributed by atoms with E-state index in [2.05, 4.69) is 24.1 Å². The monoisotopic (exact) mass is 275 g/mol. The summed E-state index contributed by atoms with van der Waals surface area (Å²) in [5, 5.41) is 3.19. The lowest BCUT2D eigenvalue weighted by Gasteiger charge is -2.26. The van der Waals surface area contributed by atoms with Crippen LogP contribution in [0, 0.1) is 5.41 Å². The number of rotatable bonds is 5. The first-order valence-electron chi connectivity index (χ1n) is 7.63. The summed E-state index contributed by atoms with van der Waals surface area (Å²) in [5.41, 5.74) is 1.83. The van der Waals surface area contributed by atoms with E-state index in [4.69, 9.17) is 0 Å². The van der Waals surface area contributed by atoms with Crippen LogP contribution in [0.4, 0.5) is 5.69 Å². The summed E-state index contributed by atoms with van der Waals surface area (Å²) < 4.78 is 0. The van der Waals surface area contributed by atoms with Crippen molar-refractivity contribution in [2.75, 3.05) is 25.0 Å². The van der Waals surface area contributed by atoms with E-state index in [1.165, 1.54) is 0 Å². The van der Waals surface area contributed by atoms with Crippen LogP contribution in [-0.4, -0.2) is 35.4 Å². The lowest BCUT2D eigenvalue weighted by Crippen LogP contribution is -2.32. The van der Waals surface area contributed by atoms with E-state index in [1.54, 1.807) is 6.20 Å². The Kier molecular flexibility index (Phi) is 4.63. The third-order valence-corrected chi connectivity index (χ3v) is 4.59. The van der Waals surface area contributed by atoms with Gasteiger partial charge in [-0.05, 0) is 43.7 Å². The molecular formula is C16H25N3O. The van der Waals surface area contributed by atoms with Crippen LogP contribution >= 0.6 is 0 Å². The topological polar surface area (TPSA) is 45.2 Å². The number of hydrogen-bond donors (Lipinski definition) is 1. The Balaban J connectivity index is 2.05. The minimum absolute atomic E-state index is 0.0665. The highest BCUT2D eigenvalue weighted by atomic mass is 16.2. The minimum atomic E-state index is 0.0665. The maximum atomic E-state index is 12.5. The zero-order valence-electron chi connectivity index (χ0n) is 12.8. The van der Waals surface area contributed by atoms with Crippen molar-refractivity contribution in [1.82, 2.24) is 9.88 Å². The standard InChI is InChI=1S/C16H25N3O/c1-4-16(5-2)9-10-19(12-16)15(20)14-8-7-13(11-18-14)17-6-3/h7-8,11,17H,4-6,9-10,12H2,1-3H3. The van der Waals surface area contributed by atoms with Crippen molar-refractivity contribution in [1.29, 1.82) is 0 Å². The lowest BCUT2D eigenvalue weighted by molar-refractivity contribution is 0.0764. The van der Waals surface area contributed by atoms with Gasteiger partial charge in [0.15, 0.2) is 0 Å². The van der Waals surface area contributed by atoms with Gasteiger partial charge in [0.2, 0.25) is 0 Å². The van der Waals surface area contributed by atoms with E-state index < -0.39 is 0 Å². The van der Waals surface area contributed by atoms with Gasteiger partial charge in [-0.15, -0.1) is 0 Å². The Morgan fingerprint density at radius 2 is 2.10 bits per heavy atom. The fraction of sp³-hybridized carbons (Fsp3) is 0.625. The number of carbonyl (C=O) groups is 1. The Hall–Kier alpha value is -1.58. The molecule has 1 fully saturated rings. The molecule has 4 heteroatoms. The van der Waals surface area contributed by atoms with Crippen molar-refractivity contribution >= 4 is 11.6 Å². The van der Waals surface area contributed by atoms with Gasteiger partial charge < -0.3 is 10.2 Å². The lowest BCUT2D eigenvalue weighted by atomic mass is 9.82. The molecule has 1 amide bonds. The number of amides is 1. The fourth-order valence-electron chi connectivity index (χ4n) is 2.93. The minimum Gasteiger partial charge on any atom is -0.384 e. The molecule has 4 nitrogen and oxygen atoms in total. The molecule has 1 aromatic heterocycles. The molecule has 1 aromatic rings. The van der Waals surface area contributed by atoms with E-state index in [0.717, 1.165) is 44.6 Å². The molecular weight excluding hydrogens is 250 g/mol. The largest absolute Gasteiger partial charge is 0.384 e. The van der Waals surface area contributed by atoms with Crippen LogP contribution < -0.4 is 5.32 Å². The quantitative estimate of drug-likeness (QED) is 0.897. The molecule has 2 rings (SSSR count). The van der Waals surface area contributed by atoms with Gasteiger partial charge in [0.05, 0.1) is 11.9 Å². The van der Waals surface area contributed by atoms with Gasteiger partial charge in [-0.2, -0.15) is 0 Å². The predicted octanol–water partition coefficient (Wildman–Crippen LogP) is 3.17. The van der Waals surface area contributed by atoms with Gasteiger partial charge in [0, 0.05) is 19.6 Å². The molecule has 1 aliphatic heterocycles. The summed E-state index contributed by atoms with van der Waals surface area (Å²) in [6.07, 6.45) is 5.13. The third-order valence-electron chi connectivity index (χ3n) is 4.59. The molecule has 0 spiro atoms. The number of anilines is 1. The summed E-state index contributed by atoms with van der Waals surface area (Å²) >= 11 is 0. The number of nitrogens with one attached hydrogen (secondary N) is 1. The first kappa shape index (κ1) is 14.8. The van der Waals surface area contributed by atoms with Crippen LogP contribution in [0.25, 0.3) is 0 Å². The van der Waals surface area contributed by atoms with Gasteiger partial charge >= 0.3 is 0 Å². The highest BCUT2D eigenvalue weighted by Gasteiger charge is 2.37. The zero-order valence-corrected chi connectivity index (χ0v) is 12.8. The third kappa shape index (κ3) is 2.94. The molecule has 110 valence electrons. The average Bonchev–Trinajstić information content (AvgIpc) is 2.93. The van der Waals surface area contributed by atoms with Crippen LogP contribution in [0.5, 0.6) is 0 Å². The molecule has 0 aromatic carbocycles. The smallest absolute Gasteiger partial charge is 0.272 e. The van der Waals surface area contributed by atoms with Crippen molar-refractivity contribution < 1.29 is 4.79 Å². The van der Waals surface area contributed by atoms with Gasteiger partial charge in [-0.1, -0.05) is 13.8 Å². The average molecular weight is 275 g/mol. The highest BCUT2D eigenvalue weighted by Crippen LogP contribution is 2.37. The Morgan fingerprint density at radius 3 is 2.60 bits per heavy atom. The molecule has 1 aliphatic rings. The molecule has 1 saturated heterocycles. The van der Waals surface area contributed by atoms with Crippen molar-refractivity contribution in [3.05, 3.63) is 24.0 Å². The predicted molar refractivity (Wildman–Crippen MR) is 81.9 cm³/mol. The molecule has 0 bridgehead atoms. The Labute approximate surface area is 121 Å². The van der Waals surface area contributed by atoms with Crippen molar-refractivity contribution in [3.63, 3.8) is 0 Å². The summed E-state index contributed by atoms with van der Waals surface area (Å²) in [6, 6.07) is 3.74. The number of aromatic nitrogens is 1. The van der Waals surface area contributed by atoms with E-state index in [-0.39, 0.29) is 5.91 Å². The van der Waals surface area contributed by atoms with E-state index in [9.17, 15) is 4.79 Å². The molecule has 0 radical (unpaired) electrons. The second-order valence-corrected chi connectivity index (χ2v) is 5.65. The maximum Gasteiger partial charge on any atom is 0.272 e. The van der Waals surface area contributed by atoms with Crippen LogP contribution in [-0.2, 0) is 0 Å². The number of likely N-dealkylation sites (tertiary alicyclic amines) is 1. The van der Waals surface area contributed by atoms with Crippen LogP contribution in [0.1, 0.15) is 50.5 Å². The van der Waals surface area contributed by atoms with Gasteiger partial charge in [0.25, 0.3) is 5.91 Å². The van der Waals surface area contributed by atoms with Crippen LogP contribution in [0.2, 0.25) is 0 Å². The fourth-order valence-corrected chi connectivity index (χ4v) is 2.93. The van der Waals surface area contributed by atoms with Crippen molar-refractivity contribution in [2.45, 2.75) is 40.0 Å². The van der Waals surface area contributed by atoms with Crippen molar-refractivity contribution in [3.8, 4) is 0 Å². The van der Waals surface area contributed by atoms with E-state index in [1.807, 2.05) is 24.0 Å². The maximum absolute atomic E-state index is 12.5. The van der Waals surface area contributed by atoms with Crippen LogP contribution in [0.3, 0.4) is 0 Å². The zero-order chi connectivity index (χ0) is 14.6. The molecule has 20 heavy (non-hydrogen) atoms. The first-order chi connectivity index (χ1) is 9.64. The molecule has 2 heterocycles. The van der Waals surface area contributed by atoms with Gasteiger partial charge in [0.1, 0.15) is 5.69 Å². The second-order valence-electron chi connectivity index (χ2n) is 5.65. The van der Waals surface area contributed by atoms with E-state index >= 15 is 0 Å². The molecule has 1 N–H and O–H groups in total. The second kappa shape index (κ2) is 6.25. The molecule has 0 aliphatic carbocycles. The summed E-state index contributed by atoms with van der Waals surface area (Å²) in [5.74, 6) is 0.0665. The number of hydrogen-bond acceptors (Lipinski definition) is 3. The normalized spacial score (nSPS) is 17.2. The van der Waals surface area contributed by atoms with Crippen LogP contribution in [0.15, 0.2) is 18.3 Å². The number of pyridine rings is 1. The highest BCUT2D eigenvalue weighted by molar-refractivity contribution is 5.92. The van der Waals surface area contributed by atoms with Gasteiger partial charge in [-0.25, -0.2) is 4.98 Å².